The zero-order valence-corrected chi connectivity index (χ0v) is 11.2. The van der Waals surface area contributed by atoms with Crippen molar-refractivity contribution in [2.24, 2.45) is 5.14 Å². The summed E-state index contributed by atoms with van der Waals surface area (Å²) in [4.78, 5) is -0.0376. The molecule has 0 bridgehead atoms. The van der Waals surface area contributed by atoms with E-state index in [1.54, 1.807) is 0 Å². The van der Waals surface area contributed by atoms with E-state index in [9.17, 15) is 17.2 Å². The van der Waals surface area contributed by atoms with E-state index in [4.69, 9.17) is 9.88 Å². The van der Waals surface area contributed by atoms with Crippen LogP contribution in [0.5, 0.6) is 11.5 Å². The first-order chi connectivity index (χ1) is 9.27. The molecular weight excluding hydrogens is 288 g/mol. The molecule has 2 aromatic carbocycles. The molecule has 4 nitrogen and oxygen atoms in total. The fourth-order valence-electron chi connectivity index (χ4n) is 1.69. The smallest absolute Gasteiger partial charge is 0.238 e. The average molecular weight is 299 g/mol. The standard InChI is InChI=1S/C13H11F2NO3S/c1-8-6-10(3-5-13(8)20(16,17)18)19-12-4-2-9(14)7-11(12)15/h2-7H,1H3,(H2,16,17,18). The highest BCUT2D eigenvalue weighted by Crippen LogP contribution is 2.27. The van der Waals surface area contributed by atoms with Crippen molar-refractivity contribution in [2.75, 3.05) is 0 Å². The van der Waals surface area contributed by atoms with Crippen molar-refractivity contribution in [3.63, 3.8) is 0 Å². The van der Waals surface area contributed by atoms with Crippen LogP contribution >= 0.6 is 0 Å². The van der Waals surface area contributed by atoms with Crippen LogP contribution in [0.2, 0.25) is 0 Å². The number of ether oxygens (including phenoxy) is 1. The minimum absolute atomic E-state index is 0.0376. The lowest BCUT2D eigenvalue weighted by Crippen LogP contribution is -2.13. The summed E-state index contributed by atoms with van der Waals surface area (Å²) in [6, 6.07) is 6.91. The minimum Gasteiger partial charge on any atom is -0.454 e. The molecule has 7 heteroatoms. The molecule has 0 spiro atoms. The molecule has 20 heavy (non-hydrogen) atoms. The van der Waals surface area contributed by atoms with Gasteiger partial charge in [0.25, 0.3) is 0 Å². The van der Waals surface area contributed by atoms with E-state index in [1.165, 1.54) is 25.1 Å². The first kappa shape index (κ1) is 14.4. The zero-order chi connectivity index (χ0) is 14.9. The molecule has 2 rings (SSSR count). The van der Waals surface area contributed by atoms with Gasteiger partial charge in [-0.15, -0.1) is 0 Å². The number of halogens is 2. The number of rotatable bonds is 3. The van der Waals surface area contributed by atoms with Crippen molar-refractivity contribution in [3.05, 3.63) is 53.6 Å². The summed E-state index contributed by atoms with van der Waals surface area (Å²) < 4.78 is 53.9. The molecule has 106 valence electrons. The van der Waals surface area contributed by atoms with Crippen LogP contribution in [0.25, 0.3) is 0 Å². The summed E-state index contributed by atoms with van der Waals surface area (Å²) in [7, 11) is -3.82. The van der Waals surface area contributed by atoms with E-state index in [-0.39, 0.29) is 16.4 Å². The van der Waals surface area contributed by atoms with Crippen LogP contribution in [0, 0.1) is 18.6 Å². The van der Waals surface area contributed by atoms with Gasteiger partial charge in [-0.3, -0.25) is 0 Å². The minimum atomic E-state index is -3.82. The monoisotopic (exact) mass is 299 g/mol. The number of primary sulfonamides is 1. The van der Waals surface area contributed by atoms with Crippen molar-refractivity contribution >= 4 is 10.0 Å². The Morgan fingerprint density at radius 3 is 2.35 bits per heavy atom. The van der Waals surface area contributed by atoms with E-state index in [2.05, 4.69) is 0 Å². The highest BCUT2D eigenvalue weighted by Gasteiger charge is 2.13. The van der Waals surface area contributed by atoms with Gasteiger partial charge in [0.1, 0.15) is 11.6 Å². The predicted octanol–water partition coefficient (Wildman–Crippen LogP) is 2.71. The van der Waals surface area contributed by atoms with Gasteiger partial charge < -0.3 is 4.74 Å². The third-order valence-corrected chi connectivity index (χ3v) is 3.65. The predicted molar refractivity (Wildman–Crippen MR) is 69.0 cm³/mol. The van der Waals surface area contributed by atoms with Crippen molar-refractivity contribution in [1.29, 1.82) is 0 Å². The molecule has 0 atom stereocenters. The second-order valence-electron chi connectivity index (χ2n) is 4.15. The number of aryl methyl sites for hydroxylation is 1. The van der Waals surface area contributed by atoms with Crippen molar-refractivity contribution in [3.8, 4) is 11.5 Å². The summed E-state index contributed by atoms with van der Waals surface area (Å²) in [6.45, 7) is 1.54. The zero-order valence-electron chi connectivity index (χ0n) is 10.4. The van der Waals surface area contributed by atoms with Crippen LogP contribution in [0.15, 0.2) is 41.3 Å². The third-order valence-electron chi connectivity index (χ3n) is 2.57. The molecule has 0 saturated carbocycles. The first-order valence-corrected chi connectivity index (χ1v) is 7.08. The van der Waals surface area contributed by atoms with Crippen LogP contribution in [0.4, 0.5) is 8.78 Å². The number of benzene rings is 2. The van der Waals surface area contributed by atoms with E-state index in [1.807, 2.05) is 0 Å². The molecule has 0 fully saturated rings. The summed E-state index contributed by atoms with van der Waals surface area (Å²) in [6.07, 6.45) is 0. The number of nitrogens with two attached hydrogens (primary N) is 1. The van der Waals surface area contributed by atoms with Crippen LogP contribution in [0.1, 0.15) is 5.56 Å². The van der Waals surface area contributed by atoms with Gasteiger partial charge in [-0.05, 0) is 42.8 Å². The van der Waals surface area contributed by atoms with Gasteiger partial charge in [-0.1, -0.05) is 0 Å². The normalized spacial score (nSPS) is 11.4. The van der Waals surface area contributed by atoms with Gasteiger partial charge in [0.05, 0.1) is 4.90 Å². The van der Waals surface area contributed by atoms with Crippen molar-refractivity contribution in [2.45, 2.75) is 11.8 Å². The number of hydrogen-bond donors (Lipinski definition) is 1. The molecule has 0 aliphatic carbocycles. The first-order valence-electron chi connectivity index (χ1n) is 5.54. The second kappa shape index (κ2) is 5.18. The molecule has 0 saturated heterocycles. The summed E-state index contributed by atoms with van der Waals surface area (Å²) in [5.41, 5.74) is 0.368. The SMILES string of the molecule is Cc1cc(Oc2ccc(F)cc2F)ccc1S(N)(=O)=O. The molecular formula is C13H11F2NO3S. The lowest BCUT2D eigenvalue weighted by Gasteiger charge is -2.09. The quantitative estimate of drug-likeness (QED) is 0.947. The van der Waals surface area contributed by atoms with E-state index in [0.29, 0.717) is 11.6 Å². The Morgan fingerprint density at radius 1 is 1.10 bits per heavy atom. The summed E-state index contributed by atoms with van der Waals surface area (Å²) in [5, 5.41) is 5.03. The van der Waals surface area contributed by atoms with Gasteiger partial charge >= 0.3 is 0 Å². The van der Waals surface area contributed by atoms with Crippen molar-refractivity contribution < 1.29 is 21.9 Å². The molecule has 0 heterocycles. The number of hydrogen-bond acceptors (Lipinski definition) is 3. The average Bonchev–Trinajstić information content (AvgIpc) is 2.31. The lowest BCUT2D eigenvalue weighted by molar-refractivity contribution is 0.437. The van der Waals surface area contributed by atoms with Gasteiger partial charge in [0.15, 0.2) is 11.6 Å². The van der Waals surface area contributed by atoms with Gasteiger partial charge in [-0.2, -0.15) is 0 Å². The molecule has 2 aromatic rings. The molecule has 0 amide bonds. The summed E-state index contributed by atoms with van der Waals surface area (Å²) in [5.74, 6) is -1.50. The second-order valence-corrected chi connectivity index (χ2v) is 5.68. The van der Waals surface area contributed by atoms with Crippen LogP contribution in [-0.2, 0) is 10.0 Å². The van der Waals surface area contributed by atoms with E-state index < -0.39 is 21.7 Å². The van der Waals surface area contributed by atoms with Crippen molar-refractivity contribution in [1.82, 2.24) is 0 Å². The maximum atomic E-state index is 13.4. The maximum absolute atomic E-state index is 13.4. The molecule has 0 aromatic heterocycles. The van der Waals surface area contributed by atoms with E-state index >= 15 is 0 Å². The van der Waals surface area contributed by atoms with E-state index in [0.717, 1.165) is 12.1 Å². The third kappa shape index (κ3) is 3.12. The van der Waals surface area contributed by atoms with Gasteiger partial charge in [0, 0.05) is 6.07 Å². The fourth-order valence-corrected chi connectivity index (χ4v) is 2.45. The largest absolute Gasteiger partial charge is 0.454 e. The summed E-state index contributed by atoms with van der Waals surface area (Å²) >= 11 is 0. The highest BCUT2D eigenvalue weighted by molar-refractivity contribution is 7.89. The Morgan fingerprint density at radius 2 is 1.80 bits per heavy atom. The lowest BCUT2D eigenvalue weighted by atomic mass is 10.2. The molecule has 0 aliphatic rings. The fraction of sp³-hybridized carbons (Fsp3) is 0.0769. The van der Waals surface area contributed by atoms with Crippen LogP contribution in [-0.4, -0.2) is 8.42 Å². The number of sulfonamides is 1. The Kier molecular flexibility index (Phi) is 3.74. The van der Waals surface area contributed by atoms with Crippen LogP contribution < -0.4 is 9.88 Å². The Bertz CT molecular complexity index is 760. The molecule has 0 unspecified atom stereocenters. The van der Waals surface area contributed by atoms with Gasteiger partial charge in [-0.25, -0.2) is 22.3 Å². The molecule has 0 aliphatic heterocycles. The molecule has 2 N–H and O–H groups in total. The Balaban J connectivity index is 2.34. The Hall–Kier alpha value is -1.99. The highest BCUT2D eigenvalue weighted by atomic mass is 32.2. The topological polar surface area (TPSA) is 69.4 Å². The maximum Gasteiger partial charge on any atom is 0.238 e. The van der Waals surface area contributed by atoms with Gasteiger partial charge in [0.2, 0.25) is 10.0 Å². The molecule has 0 radical (unpaired) electrons. The Labute approximate surface area is 114 Å². The van der Waals surface area contributed by atoms with Crippen LogP contribution in [0.3, 0.4) is 0 Å².